The van der Waals surface area contributed by atoms with E-state index < -0.39 is 0 Å². The third-order valence-corrected chi connectivity index (χ3v) is 2.70. The molecule has 2 N–H and O–H groups in total. The molecule has 5 heteroatoms. The lowest BCUT2D eigenvalue weighted by Crippen LogP contribution is -2.26. The average molecular weight is 307 g/mol. The number of benzene rings is 1. The molecule has 0 saturated heterocycles. The Morgan fingerprint density at radius 2 is 2.11 bits per heavy atom. The van der Waals surface area contributed by atoms with Crippen molar-refractivity contribution in [2.45, 2.75) is 0 Å². The molecule has 1 heterocycles. The first-order valence-corrected chi connectivity index (χ1v) is 6.11. The molecule has 0 aliphatic rings. The van der Waals surface area contributed by atoms with Crippen LogP contribution in [0.1, 0.15) is 10.5 Å². The lowest BCUT2D eigenvalue weighted by atomic mass is 10.2. The summed E-state index contributed by atoms with van der Waals surface area (Å²) in [5.41, 5.74) is 0.715. The molecule has 0 aliphatic carbocycles. The Balaban J connectivity index is 2.37. The molecule has 1 amide bonds. The fourth-order valence-corrected chi connectivity index (χ4v) is 1.73. The van der Waals surface area contributed by atoms with Crippen LogP contribution in [-0.2, 0) is 0 Å². The van der Waals surface area contributed by atoms with Gasteiger partial charge in [-0.3, -0.25) is 9.59 Å². The van der Waals surface area contributed by atoms with Crippen molar-refractivity contribution in [1.29, 1.82) is 0 Å². The molecule has 0 fully saturated rings. The van der Waals surface area contributed by atoms with Crippen LogP contribution in [0.25, 0.3) is 10.9 Å². The number of para-hydroxylation sites is 1. The van der Waals surface area contributed by atoms with Crippen LogP contribution in [0.2, 0.25) is 0 Å². The zero-order valence-electron chi connectivity index (χ0n) is 9.50. The van der Waals surface area contributed by atoms with Crippen molar-refractivity contribution in [3.05, 3.63) is 57.3 Å². The number of carbonyl (C=O) groups excluding carboxylic acids is 1. The van der Waals surface area contributed by atoms with E-state index in [4.69, 9.17) is 0 Å². The Hall–Kier alpha value is -1.88. The van der Waals surface area contributed by atoms with Gasteiger partial charge < -0.3 is 10.3 Å². The highest BCUT2D eigenvalue weighted by atomic mass is 79.9. The summed E-state index contributed by atoms with van der Waals surface area (Å²) < 4.78 is 0.666. The van der Waals surface area contributed by atoms with Crippen LogP contribution in [0.4, 0.5) is 0 Å². The highest BCUT2D eigenvalue weighted by molar-refractivity contribution is 9.11. The van der Waals surface area contributed by atoms with E-state index in [1.165, 1.54) is 6.07 Å². The molecule has 0 unspecified atom stereocenters. The largest absolute Gasteiger partial charge is 0.350 e. The maximum atomic E-state index is 11.8. The van der Waals surface area contributed by atoms with E-state index in [0.29, 0.717) is 21.9 Å². The van der Waals surface area contributed by atoms with Crippen molar-refractivity contribution in [3.63, 3.8) is 0 Å². The van der Waals surface area contributed by atoms with Gasteiger partial charge in [0.15, 0.2) is 5.43 Å². The monoisotopic (exact) mass is 306 g/mol. The zero-order chi connectivity index (χ0) is 13.1. The number of hydrogen-bond acceptors (Lipinski definition) is 2. The van der Waals surface area contributed by atoms with Gasteiger partial charge in [-0.15, -0.1) is 0 Å². The highest BCUT2D eigenvalue weighted by Gasteiger charge is 2.08. The number of aromatic amines is 1. The lowest BCUT2D eigenvalue weighted by molar-refractivity contribution is 0.0953. The summed E-state index contributed by atoms with van der Waals surface area (Å²) >= 11 is 3.15. The number of carbonyl (C=O) groups is 1. The van der Waals surface area contributed by atoms with Crippen molar-refractivity contribution in [3.8, 4) is 0 Å². The van der Waals surface area contributed by atoms with E-state index in [2.05, 4.69) is 32.8 Å². The number of nitrogens with one attached hydrogen (secondary N) is 2. The maximum absolute atomic E-state index is 11.8. The van der Waals surface area contributed by atoms with Crippen molar-refractivity contribution in [2.24, 2.45) is 0 Å². The molecular weight excluding hydrogens is 296 g/mol. The van der Waals surface area contributed by atoms with Gasteiger partial charge in [0.2, 0.25) is 0 Å². The molecule has 1 aromatic carbocycles. The van der Waals surface area contributed by atoms with Gasteiger partial charge in [0, 0.05) is 28.0 Å². The second-order valence-electron chi connectivity index (χ2n) is 3.79. The standard InChI is InChI=1S/C13H11BrN2O2/c1-8(14)7-15-13(18)11-6-12(17)9-4-2-3-5-10(9)16-11/h2-6H,1,7H2,(H,15,18)(H,16,17). The van der Waals surface area contributed by atoms with E-state index >= 15 is 0 Å². The molecule has 4 nitrogen and oxygen atoms in total. The quantitative estimate of drug-likeness (QED) is 0.913. The van der Waals surface area contributed by atoms with Crippen molar-refractivity contribution < 1.29 is 4.79 Å². The fraction of sp³-hybridized carbons (Fsp3) is 0.0769. The van der Waals surface area contributed by atoms with Gasteiger partial charge in [-0.25, -0.2) is 0 Å². The van der Waals surface area contributed by atoms with Gasteiger partial charge in [0.25, 0.3) is 5.91 Å². The first-order chi connectivity index (χ1) is 8.58. The minimum absolute atomic E-state index is 0.174. The molecule has 0 radical (unpaired) electrons. The molecule has 18 heavy (non-hydrogen) atoms. The van der Waals surface area contributed by atoms with Gasteiger partial charge in [0.05, 0.1) is 0 Å². The second-order valence-corrected chi connectivity index (χ2v) is 4.91. The SMILES string of the molecule is C=C(Br)CNC(=O)c1cc(=O)c2ccccc2[nH]1. The molecule has 92 valence electrons. The third-order valence-electron chi connectivity index (χ3n) is 2.42. The van der Waals surface area contributed by atoms with Crippen LogP contribution in [0.5, 0.6) is 0 Å². The summed E-state index contributed by atoms with van der Waals surface area (Å²) in [6, 6.07) is 8.37. The number of amides is 1. The van der Waals surface area contributed by atoms with E-state index in [1.807, 2.05) is 0 Å². The first kappa shape index (κ1) is 12.6. The normalized spacial score (nSPS) is 10.3. The third kappa shape index (κ3) is 2.68. The number of fused-ring (bicyclic) bond motifs is 1. The van der Waals surface area contributed by atoms with Crippen LogP contribution < -0.4 is 10.7 Å². The minimum Gasteiger partial charge on any atom is -0.350 e. The van der Waals surface area contributed by atoms with Gasteiger partial charge >= 0.3 is 0 Å². The molecule has 0 saturated carbocycles. The fourth-order valence-electron chi connectivity index (χ4n) is 1.59. The van der Waals surface area contributed by atoms with Gasteiger partial charge in [0.1, 0.15) is 5.69 Å². The maximum Gasteiger partial charge on any atom is 0.268 e. The molecule has 0 spiro atoms. The van der Waals surface area contributed by atoms with Gasteiger partial charge in [-0.1, -0.05) is 34.6 Å². The zero-order valence-corrected chi connectivity index (χ0v) is 11.1. The van der Waals surface area contributed by atoms with E-state index in [0.717, 1.165) is 0 Å². The van der Waals surface area contributed by atoms with Crippen LogP contribution in [0.15, 0.2) is 46.2 Å². The summed E-state index contributed by atoms with van der Waals surface area (Å²) in [5, 5.41) is 3.20. The first-order valence-electron chi connectivity index (χ1n) is 5.31. The molecule has 1 aromatic heterocycles. The number of rotatable bonds is 3. The minimum atomic E-state index is -0.335. The predicted octanol–water partition coefficient (Wildman–Crippen LogP) is 2.17. The van der Waals surface area contributed by atoms with E-state index in [1.54, 1.807) is 24.3 Å². The molecular formula is C13H11BrN2O2. The van der Waals surface area contributed by atoms with E-state index in [-0.39, 0.29) is 17.0 Å². The average Bonchev–Trinajstić information content (AvgIpc) is 2.36. The smallest absolute Gasteiger partial charge is 0.268 e. The van der Waals surface area contributed by atoms with Crippen LogP contribution in [0, 0.1) is 0 Å². The number of halogens is 1. The van der Waals surface area contributed by atoms with Crippen LogP contribution >= 0.6 is 15.9 Å². The summed E-state index contributed by atoms with van der Waals surface area (Å²) in [6.45, 7) is 3.93. The molecule has 2 rings (SSSR count). The van der Waals surface area contributed by atoms with Gasteiger partial charge in [-0.2, -0.15) is 0 Å². The number of H-pyrrole nitrogens is 1. The molecule has 2 aromatic rings. The lowest BCUT2D eigenvalue weighted by Gasteiger charge is -2.05. The van der Waals surface area contributed by atoms with Crippen LogP contribution in [0.3, 0.4) is 0 Å². The second kappa shape index (κ2) is 5.18. The molecule has 0 atom stereocenters. The van der Waals surface area contributed by atoms with Crippen molar-refractivity contribution in [1.82, 2.24) is 10.3 Å². The summed E-state index contributed by atoms with van der Waals surface area (Å²) in [6.07, 6.45) is 0. The van der Waals surface area contributed by atoms with Crippen molar-refractivity contribution in [2.75, 3.05) is 6.54 Å². The Labute approximate surface area is 112 Å². The Bertz CT molecular complexity index is 676. The summed E-state index contributed by atoms with van der Waals surface area (Å²) in [4.78, 5) is 26.6. The Morgan fingerprint density at radius 1 is 1.39 bits per heavy atom. The predicted molar refractivity (Wildman–Crippen MR) is 75.0 cm³/mol. The summed E-state index contributed by atoms with van der Waals surface area (Å²) in [5.74, 6) is -0.335. The van der Waals surface area contributed by atoms with Crippen molar-refractivity contribution >= 4 is 32.7 Å². The van der Waals surface area contributed by atoms with E-state index in [9.17, 15) is 9.59 Å². The number of hydrogen-bond donors (Lipinski definition) is 2. The summed E-state index contributed by atoms with van der Waals surface area (Å²) in [7, 11) is 0. The highest BCUT2D eigenvalue weighted by Crippen LogP contribution is 2.07. The van der Waals surface area contributed by atoms with Crippen LogP contribution in [-0.4, -0.2) is 17.4 Å². The molecule has 0 bridgehead atoms. The Kier molecular flexibility index (Phi) is 3.62. The van der Waals surface area contributed by atoms with Gasteiger partial charge in [-0.05, 0) is 12.1 Å². The number of aromatic nitrogens is 1. The Morgan fingerprint density at radius 3 is 2.83 bits per heavy atom. The topological polar surface area (TPSA) is 62.0 Å². The molecule has 0 aliphatic heterocycles. The number of pyridine rings is 1.